The van der Waals surface area contributed by atoms with Gasteiger partial charge in [-0.3, -0.25) is 0 Å². The largest absolute Gasteiger partial charge is 0.333 e. The summed E-state index contributed by atoms with van der Waals surface area (Å²) in [7, 11) is -1.30. The minimum atomic E-state index is -1.30. The molecule has 86 valence electrons. The summed E-state index contributed by atoms with van der Waals surface area (Å²) in [6.07, 6.45) is 0.806. The van der Waals surface area contributed by atoms with Crippen LogP contribution >= 0.6 is 12.4 Å². The first-order valence-corrected chi connectivity index (χ1v) is 8.16. The summed E-state index contributed by atoms with van der Waals surface area (Å²) in [6, 6.07) is 9.02. The second-order valence-corrected chi connectivity index (χ2v) is 9.26. The predicted octanol–water partition coefficient (Wildman–Crippen LogP) is 2.93. The second kappa shape index (κ2) is 6.25. The fourth-order valence-corrected chi connectivity index (χ4v) is 3.34. The molecule has 0 saturated carbocycles. The molecule has 0 aromatic heterocycles. The molecule has 1 aromatic carbocycles. The van der Waals surface area contributed by atoms with Gasteiger partial charge in [-0.1, -0.05) is 37.2 Å². The van der Waals surface area contributed by atoms with Crippen LogP contribution < -0.4 is 5.73 Å². The molecule has 0 aliphatic heterocycles. The monoisotopic (exact) mass is 247 g/mol. The van der Waals surface area contributed by atoms with Crippen molar-refractivity contribution in [3.05, 3.63) is 35.6 Å². The molecule has 1 aromatic rings. The van der Waals surface area contributed by atoms with Gasteiger partial charge in [0.1, 0.15) is 5.82 Å². The van der Waals surface area contributed by atoms with Crippen molar-refractivity contribution in [3.8, 4) is 0 Å². The minimum absolute atomic E-state index is 0. The molecule has 2 N–H and O–H groups in total. The van der Waals surface area contributed by atoms with Gasteiger partial charge < -0.3 is 5.73 Å². The molecule has 1 rings (SSSR count). The predicted molar refractivity (Wildman–Crippen MR) is 68.5 cm³/mol. The van der Waals surface area contributed by atoms with Gasteiger partial charge in [-0.2, -0.15) is 0 Å². The Morgan fingerprint density at radius 1 is 1.27 bits per heavy atom. The Balaban J connectivity index is 0.00000196. The van der Waals surface area contributed by atoms with Crippen LogP contribution in [0.15, 0.2) is 24.3 Å². The molecule has 1 nitrogen and oxygen atoms in total. The highest BCUT2D eigenvalue weighted by Gasteiger charge is 2.22. The standard InChI is InChI=1S/C11H18FNSi.ClH/c1-3-14(2,9-13)8-10-4-6-11(12)7-5-10;/h4-7H,3,8-9,13H2,1-2H3;1H. The van der Waals surface area contributed by atoms with Crippen molar-refractivity contribution >= 4 is 20.5 Å². The zero-order valence-corrected chi connectivity index (χ0v) is 11.1. The molecule has 0 saturated heterocycles. The quantitative estimate of drug-likeness (QED) is 0.814. The maximum absolute atomic E-state index is 12.7. The highest BCUT2D eigenvalue weighted by molar-refractivity contribution is 6.78. The summed E-state index contributed by atoms with van der Waals surface area (Å²) in [5.74, 6) is -0.165. The van der Waals surface area contributed by atoms with E-state index in [2.05, 4.69) is 13.5 Å². The van der Waals surface area contributed by atoms with Crippen molar-refractivity contribution in [1.29, 1.82) is 0 Å². The maximum atomic E-state index is 12.7. The smallest absolute Gasteiger partial charge is 0.123 e. The summed E-state index contributed by atoms with van der Waals surface area (Å²) < 4.78 is 12.7. The van der Waals surface area contributed by atoms with Gasteiger partial charge in [0, 0.05) is 0 Å². The number of halogens is 2. The average Bonchev–Trinajstić information content (AvgIpc) is 2.21. The fraction of sp³-hybridized carbons (Fsp3) is 0.455. The molecule has 0 aliphatic carbocycles. The molecule has 1 unspecified atom stereocenters. The van der Waals surface area contributed by atoms with Gasteiger partial charge in [0.15, 0.2) is 0 Å². The van der Waals surface area contributed by atoms with Gasteiger partial charge in [0.05, 0.1) is 8.07 Å². The Morgan fingerprint density at radius 3 is 2.20 bits per heavy atom. The van der Waals surface area contributed by atoms with Gasteiger partial charge in [-0.25, -0.2) is 4.39 Å². The molecular formula is C11H19ClFNSi. The van der Waals surface area contributed by atoms with Crippen LogP contribution in [0.3, 0.4) is 0 Å². The number of nitrogens with two attached hydrogens (primary N) is 1. The summed E-state index contributed by atoms with van der Waals surface area (Å²) >= 11 is 0. The molecule has 0 heterocycles. The molecule has 0 aliphatic rings. The first-order valence-electron chi connectivity index (χ1n) is 5.04. The van der Waals surface area contributed by atoms with Crippen LogP contribution in [0.2, 0.25) is 12.6 Å². The molecule has 4 heteroatoms. The number of hydrogen-bond donors (Lipinski definition) is 1. The van der Waals surface area contributed by atoms with E-state index in [1.165, 1.54) is 23.7 Å². The molecule has 0 bridgehead atoms. The van der Waals surface area contributed by atoms with E-state index in [4.69, 9.17) is 5.73 Å². The van der Waals surface area contributed by atoms with Crippen molar-refractivity contribution in [2.45, 2.75) is 25.6 Å². The Labute approximate surface area is 98.3 Å². The highest BCUT2D eigenvalue weighted by Crippen LogP contribution is 2.15. The zero-order valence-electron chi connectivity index (χ0n) is 9.29. The third kappa shape index (κ3) is 4.32. The number of rotatable bonds is 4. The van der Waals surface area contributed by atoms with Crippen LogP contribution in [0.5, 0.6) is 0 Å². The lowest BCUT2D eigenvalue weighted by atomic mass is 10.2. The Bertz CT molecular complexity index is 285. The van der Waals surface area contributed by atoms with Crippen LogP contribution in [-0.4, -0.2) is 14.2 Å². The molecular weight excluding hydrogens is 229 g/mol. The van der Waals surface area contributed by atoms with Crippen molar-refractivity contribution < 1.29 is 4.39 Å². The van der Waals surface area contributed by atoms with Gasteiger partial charge in [0.25, 0.3) is 0 Å². The van der Waals surface area contributed by atoms with Crippen molar-refractivity contribution in [2.24, 2.45) is 5.73 Å². The average molecular weight is 248 g/mol. The van der Waals surface area contributed by atoms with E-state index in [0.717, 1.165) is 12.2 Å². The van der Waals surface area contributed by atoms with Gasteiger partial charge in [0.2, 0.25) is 0 Å². The maximum Gasteiger partial charge on any atom is 0.123 e. The van der Waals surface area contributed by atoms with Crippen LogP contribution in [0.25, 0.3) is 0 Å². The molecule has 1 atom stereocenters. The van der Waals surface area contributed by atoms with E-state index in [0.29, 0.717) is 0 Å². The summed E-state index contributed by atoms with van der Waals surface area (Å²) in [4.78, 5) is 0. The molecule has 0 amide bonds. The van der Waals surface area contributed by atoms with E-state index in [1.807, 2.05) is 12.1 Å². The van der Waals surface area contributed by atoms with Crippen molar-refractivity contribution in [2.75, 3.05) is 6.17 Å². The zero-order chi connectivity index (χ0) is 10.6. The van der Waals surface area contributed by atoms with E-state index in [1.54, 1.807) is 0 Å². The molecule has 0 fully saturated rings. The van der Waals surface area contributed by atoms with Gasteiger partial charge in [-0.15, -0.1) is 12.4 Å². The summed E-state index contributed by atoms with van der Waals surface area (Å²) in [5.41, 5.74) is 7.00. The van der Waals surface area contributed by atoms with E-state index < -0.39 is 8.07 Å². The third-order valence-electron chi connectivity index (χ3n) is 2.89. The van der Waals surface area contributed by atoms with Crippen LogP contribution in [0, 0.1) is 5.82 Å². The van der Waals surface area contributed by atoms with Crippen LogP contribution in [0.4, 0.5) is 4.39 Å². The number of benzene rings is 1. The first kappa shape index (κ1) is 14.6. The van der Waals surface area contributed by atoms with Gasteiger partial charge >= 0.3 is 0 Å². The summed E-state index contributed by atoms with van der Waals surface area (Å²) in [5, 5.41) is 0. The first-order chi connectivity index (χ1) is 6.59. The van der Waals surface area contributed by atoms with Crippen molar-refractivity contribution in [1.82, 2.24) is 0 Å². The van der Waals surface area contributed by atoms with E-state index in [-0.39, 0.29) is 18.2 Å². The van der Waals surface area contributed by atoms with Crippen molar-refractivity contribution in [3.63, 3.8) is 0 Å². The Morgan fingerprint density at radius 2 is 1.80 bits per heavy atom. The third-order valence-corrected chi connectivity index (χ3v) is 6.85. The fourth-order valence-electron chi connectivity index (χ4n) is 1.44. The Kier molecular flexibility index (Phi) is 6.09. The number of hydrogen-bond acceptors (Lipinski definition) is 1. The Hall–Kier alpha value is -0.383. The van der Waals surface area contributed by atoms with E-state index >= 15 is 0 Å². The molecule has 0 spiro atoms. The minimum Gasteiger partial charge on any atom is -0.333 e. The molecule has 15 heavy (non-hydrogen) atoms. The normalized spacial score (nSPS) is 14.1. The van der Waals surface area contributed by atoms with Crippen LogP contribution in [-0.2, 0) is 6.04 Å². The lowest BCUT2D eigenvalue weighted by Gasteiger charge is -2.23. The highest BCUT2D eigenvalue weighted by atomic mass is 35.5. The van der Waals surface area contributed by atoms with Gasteiger partial charge in [-0.05, 0) is 24.3 Å². The second-order valence-electron chi connectivity index (χ2n) is 4.17. The van der Waals surface area contributed by atoms with Crippen LogP contribution in [0.1, 0.15) is 12.5 Å². The summed E-state index contributed by atoms with van der Waals surface area (Å²) in [6.45, 7) is 4.50. The lowest BCUT2D eigenvalue weighted by Crippen LogP contribution is -2.41. The van der Waals surface area contributed by atoms with E-state index in [9.17, 15) is 4.39 Å². The molecule has 0 radical (unpaired) electrons. The SMILES string of the molecule is CC[Si](C)(CN)Cc1ccc(F)cc1.Cl. The topological polar surface area (TPSA) is 26.0 Å². The lowest BCUT2D eigenvalue weighted by molar-refractivity contribution is 0.627.